The third kappa shape index (κ3) is 4.92. The summed E-state index contributed by atoms with van der Waals surface area (Å²) in [6.45, 7) is -4.83. The van der Waals surface area contributed by atoms with Crippen LogP contribution >= 0.6 is 11.6 Å². The molecule has 0 saturated carbocycles. The lowest BCUT2D eigenvalue weighted by atomic mass is 10.3. The van der Waals surface area contributed by atoms with Gasteiger partial charge in [-0.05, 0) is 32.7 Å². The van der Waals surface area contributed by atoms with E-state index in [4.69, 9.17) is 22.6 Å². The molecule has 0 radical (unpaired) electrons. The summed E-state index contributed by atoms with van der Waals surface area (Å²) < 4.78 is 99.0. The molecule has 0 bridgehead atoms. The van der Waals surface area contributed by atoms with Crippen molar-refractivity contribution in [2.24, 2.45) is 0 Å². The second-order valence-corrected chi connectivity index (χ2v) is 4.83. The third-order valence-electron chi connectivity index (χ3n) is 2.40. The maximum absolute atomic E-state index is 13.3. The number of aromatic nitrogens is 4. The Balaban J connectivity index is 2.62. The summed E-state index contributed by atoms with van der Waals surface area (Å²) in [5, 5.41) is 3.71. The van der Waals surface area contributed by atoms with Gasteiger partial charge in [-0.2, -0.15) is 28.1 Å². The summed E-state index contributed by atoms with van der Waals surface area (Å²) >= 11 is 5.78. The molecule has 0 saturated heterocycles. The second-order valence-electron chi connectivity index (χ2n) is 4.48. The number of pyridine rings is 1. The topological polar surface area (TPSA) is 75.6 Å². The first-order valence-corrected chi connectivity index (χ1v) is 6.77. The van der Waals surface area contributed by atoms with E-state index in [1.165, 1.54) is 6.92 Å². The van der Waals surface area contributed by atoms with Gasteiger partial charge < -0.3 is 10.6 Å². The van der Waals surface area contributed by atoms with Crippen LogP contribution in [-0.4, -0.2) is 38.2 Å². The number of anilines is 2. The lowest BCUT2D eigenvalue weighted by Gasteiger charge is -2.18. The highest BCUT2D eigenvalue weighted by Gasteiger charge is 2.36. The standard InChI is InChI=1S/C14H16ClF3N6/c1-7(2)19-12-22-11(9-5-4-6-10(15)21-9)23-13(24-12)20-8(3)14(16,17)18/h4-8H,1-3H3,(H2,19,20,22,23,24)/t8-/m1/s1/i1D3,3D3,5D,6D/t7-,8-. The Hall–Kier alpha value is -2.16. The Morgan fingerprint density at radius 1 is 1.12 bits per heavy atom. The van der Waals surface area contributed by atoms with Crippen LogP contribution in [0.25, 0.3) is 11.5 Å². The molecule has 0 aliphatic rings. The number of nitrogens with zero attached hydrogens (tertiary/aromatic N) is 4. The molecule has 24 heavy (non-hydrogen) atoms. The smallest absolute Gasteiger partial charge is 0.352 e. The average Bonchev–Trinajstić information content (AvgIpc) is 2.60. The van der Waals surface area contributed by atoms with Crippen molar-refractivity contribution >= 4 is 23.5 Å². The molecule has 0 aliphatic carbocycles. The van der Waals surface area contributed by atoms with Crippen molar-refractivity contribution in [1.82, 2.24) is 19.9 Å². The van der Waals surface area contributed by atoms with Gasteiger partial charge in [-0.25, -0.2) is 4.98 Å². The Bertz CT molecular complexity index is 971. The zero-order chi connectivity index (χ0) is 24.6. The van der Waals surface area contributed by atoms with E-state index < -0.39 is 55.7 Å². The van der Waals surface area contributed by atoms with Crippen molar-refractivity contribution in [2.45, 2.75) is 38.9 Å². The highest BCUT2D eigenvalue weighted by Crippen LogP contribution is 2.24. The van der Waals surface area contributed by atoms with Crippen LogP contribution in [0.1, 0.15) is 31.6 Å². The molecular formula is C14H16ClF3N6. The van der Waals surface area contributed by atoms with Gasteiger partial charge in [0.15, 0.2) is 5.82 Å². The van der Waals surface area contributed by atoms with Gasteiger partial charge in [0.1, 0.15) is 16.9 Å². The fraction of sp³-hybridized carbons (Fsp3) is 0.429. The molecule has 0 spiro atoms. The molecule has 0 aromatic carbocycles. The van der Waals surface area contributed by atoms with E-state index in [9.17, 15) is 13.2 Å². The van der Waals surface area contributed by atoms with Gasteiger partial charge in [0.2, 0.25) is 11.9 Å². The molecular weight excluding hydrogens is 345 g/mol. The molecule has 2 aromatic rings. The van der Waals surface area contributed by atoms with E-state index in [-0.39, 0.29) is 16.9 Å². The number of alkyl halides is 3. The van der Waals surface area contributed by atoms with Crippen LogP contribution in [0, 0.1) is 0 Å². The van der Waals surface area contributed by atoms with Crippen LogP contribution in [0.2, 0.25) is 5.15 Å². The summed E-state index contributed by atoms with van der Waals surface area (Å²) in [5.74, 6) is -1.87. The maximum atomic E-state index is 13.3. The zero-order valence-electron chi connectivity index (χ0n) is 20.0. The number of nitrogens with one attached hydrogen (secondary N) is 2. The van der Waals surface area contributed by atoms with Crippen molar-refractivity contribution in [2.75, 3.05) is 10.6 Å². The van der Waals surface area contributed by atoms with Gasteiger partial charge in [-0.15, -0.1) is 0 Å². The molecule has 2 atom stereocenters. The second kappa shape index (κ2) is 7.16. The van der Waals surface area contributed by atoms with Crippen LogP contribution < -0.4 is 10.6 Å². The van der Waals surface area contributed by atoms with Gasteiger partial charge in [-0.1, -0.05) is 17.7 Å². The van der Waals surface area contributed by atoms with Crippen molar-refractivity contribution < 1.29 is 24.1 Å². The Morgan fingerprint density at radius 3 is 2.46 bits per heavy atom. The molecule has 6 nitrogen and oxygen atoms in total. The summed E-state index contributed by atoms with van der Waals surface area (Å²) in [5.41, 5.74) is -0.349. The Labute approximate surface area is 153 Å². The fourth-order valence-corrected chi connectivity index (χ4v) is 1.60. The minimum absolute atomic E-state index is 0.304. The predicted molar refractivity (Wildman–Crippen MR) is 86.0 cm³/mol. The van der Waals surface area contributed by atoms with Crippen LogP contribution in [0.5, 0.6) is 0 Å². The van der Waals surface area contributed by atoms with Crippen LogP contribution in [0.15, 0.2) is 18.2 Å². The molecule has 130 valence electrons. The van der Waals surface area contributed by atoms with E-state index in [0.29, 0.717) is 0 Å². The molecule has 0 amide bonds. The normalized spacial score (nSPS) is 20.0. The lowest BCUT2D eigenvalue weighted by Crippen LogP contribution is -2.34. The highest BCUT2D eigenvalue weighted by molar-refractivity contribution is 6.29. The van der Waals surface area contributed by atoms with E-state index >= 15 is 0 Å². The first-order valence-electron chi connectivity index (χ1n) is 10.4. The van der Waals surface area contributed by atoms with E-state index in [2.05, 4.69) is 25.3 Å². The van der Waals surface area contributed by atoms with Crippen LogP contribution in [0.3, 0.4) is 0 Å². The maximum Gasteiger partial charge on any atom is 0.408 e. The molecule has 0 aliphatic heterocycles. The highest BCUT2D eigenvalue weighted by atomic mass is 35.5. The molecule has 0 unspecified atom stereocenters. The number of hydrogen-bond acceptors (Lipinski definition) is 6. The van der Waals surface area contributed by atoms with Crippen molar-refractivity contribution in [3.8, 4) is 11.5 Å². The van der Waals surface area contributed by atoms with E-state index in [1.807, 2.05) is 0 Å². The summed E-state index contributed by atoms with van der Waals surface area (Å²) in [7, 11) is 0. The fourth-order valence-electron chi connectivity index (χ4n) is 1.46. The minimum atomic E-state index is -5.22. The quantitative estimate of drug-likeness (QED) is 0.782. The minimum Gasteiger partial charge on any atom is -0.352 e. The van der Waals surface area contributed by atoms with E-state index in [1.54, 1.807) is 5.32 Å². The summed E-state index contributed by atoms with van der Waals surface area (Å²) in [6, 6.07) is -4.04. The van der Waals surface area contributed by atoms with Gasteiger partial charge in [0.05, 0.1) is 2.74 Å². The van der Waals surface area contributed by atoms with Crippen molar-refractivity contribution in [1.29, 1.82) is 0 Å². The van der Waals surface area contributed by atoms with Crippen LogP contribution in [-0.2, 0) is 0 Å². The predicted octanol–water partition coefficient (Wildman–Crippen LogP) is 3.77. The first-order chi connectivity index (χ1) is 14.4. The largest absolute Gasteiger partial charge is 0.408 e. The van der Waals surface area contributed by atoms with Gasteiger partial charge >= 0.3 is 6.18 Å². The molecule has 2 N–H and O–H groups in total. The molecule has 0 fully saturated rings. The van der Waals surface area contributed by atoms with Gasteiger partial charge in [0, 0.05) is 14.3 Å². The molecule has 2 aromatic heterocycles. The average molecular weight is 369 g/mol. The van der Waals surface area contributed by atoms with Crippen molar-refractivity contribution in [3.63, 3.8) is 0 Å². The summed E-state index contributed by atoms with van der Waals surface area (Å²) in [4.78, 5) is 15.0. The van der Waals surface area contributed by atoms with Gasteiger partial charge in [-0.3, -0.25) is 0 Å². The number of hydrogen-bond donors (Lipinski definition) is 2. The van der Waals surface area contributed by atoms with Crippen molar-refractivity contribution in [3.05, 3.63) is 23.3 Å². The zero-order valence-corrected chi connectivity index (χ0v) is 12.8. The van der Waals surface area contributed by atoms with Crippen LogP contribution in [0.4, 0.5) is 25.1 Å². The van der Waals surface area contributed by atoms with E-state index in [0.717, 1.165) is 6.07 Å². The molecule has 2 rings (SSSR count). The first kappa shape index (κ1) is 9.97. The lowest BCUT2D eigenvalue weighted by molar-refractivity contribution is -0.138. The Morgan fingerprint density at radius 2 is 1.83 bits per heavy atom. The monoisotopic (exact) mass is 368 g/mol. The number of halogens is 4. The SMILES string of the molecule is [2H]c1cc([2H])c(-c2nc(N[C@@H](C)C([2H])([2H])[2H])nc(N[C@H](C([2H])([2H])[2H])C(F)(F)F)n2)nc1Cl. The Kier molecular flexibility index (Phi) is 2.98. The molecule has 10 heteroatoms. The third-order valence-corrected chi connectivity index (χ3v) is 2.60. The number of rotatable bonds is 5. The summed E-state index contributed by atoms with van der Waals surface area (Å²) in [6.07, 6.45) is -5.22. The molecule has 2 heterocycles. The van der Waals surface area contributed by atoms with Gasteiger partial charge in [0.25, 0.3) is 0 Å².